The van der Waals surface area contributed by atoms with Crippen molar-refractivity contribution in [3.05, 3.63) is 73.0 Å². The highest BCUT2D eigenvalue weighted by molar-refractivity contribution is 5.62. The van der Waals surface area contributed by atoms with Crippen LogP contribution in [-0.4, -0.2) is 61.7 Å². The maximum atomic E-state index is 9.07. The van der Waals surface area contributed by atoms with Gasteiger partial charge in [-0.2, -0.15) is 0 Å². The summed E-state index contributed by atoms with van der Waals surface area (Å²) in [5.41, 5.74) is 2.55. The lowest BCUT2D eigenvalue weighted by Crippen LogP contribution is -2.46. The second-order valence-electron chi connectivity index (χ2n) is 5.40. The van der Waals surface area contributed by atoms with Crippen molar-refractivity contribution in [3.63, 3.8) is 0 Å². The Kier molecular flexibility index (Phi) is 8.83. The number of hydrogen-bond donors (Lipinski definition) is 6. The Morgan fingerprint density at radius 2 is 1.16 bits per heavy atom. The minimum atomic E-state index is -1.79. The lowest BCUT2D eigenvalue weighted by Gasteiger charge is -2.24. The topological polar surface area (TPSA) is 121 Å². The molecule has 25 heavy (non-hydrogen) atoms. The van der Waals surface area contributed by atoms with E-state index in [4.69, 9.17) is 30.6 Å². The van der Waals surface area contributed by atoms with E-state index in [1.165, 1.54) is 11.1 Å². The molecular formula is C19H24O6. The third-order valence-corrected chi connectivity index (χ3v) is 3.48. The quantitative estimate of drug-likeness (QED) is 0.431. The number of aliphatic hydroxyl groups excluding tert-OH is 6. The third kappa shape index (κ3) is 6.66. The van der Waals surface area contributed by atoms with Crippen molar-refractivity contribution in [1.82, 2.24) is 0 Å². The highest BCUT2D eigenvalue weighted by Gasteiger charge is 2.31. The smallest absolute Gasteiger partial charge is 0.139 e. The molecule has 6 nitrogen and oxygen atoms in total. The Bertz CT molecular complexity index is 579. The van der Waals surface area contributed by atoms with E-state index in [1.807, 2.05) is 12.1 Å². The van der Waals surface area contributed by atoms with E-state index in [-0.39, 0.29) is 0 Å². The van der Waals surface area contributed by atoms with Gasteiger partial charge in [-0.05, 0) is 11.1 Å². The van der Waals surface area contributed by atoms with Crippen molar-refractivity contribution in [1.29, 1.82) is 0 Å². The van der Waals surface area contributed by atoms with Crippen molar-refractivity contribution in [2.75, 3.05) is 6.61 Å². The van der Waals surface area contributed by atoms with Crippen molar-refractivity contribution < 1.29 is 30.6 Å². The van der Waals surface area contributed by atoms with Crippen LogP contribution in [-0.2, 0) is 0 Å². The van der Waals surface area contributed by atoms with Crippen LogP contribution in [0.5, 0.6) is 0 Å². The number of rotatable bonds is 6. The summed E-state index contributed by atoms with van der Waals surface area (Å²) in [5, 5.41) is 52.9. The summed E-state index contributed by atoms with van der Waals surface area (Å²) in [5.74, 6) is -0.725. The average molecular weight is 348 g/mol. The first kappa shape index (κ1) is 20.8. The zero-order valence-corrected chi connectivity index (χ0v) is 13.7. The van der Waals surface area contributed by atoms with Gasteiger partial charge < -0.3 is 30.6 Å². The van der Waals surface area contributed by atoms with Crippen LogP contribution in [0, 0.1) is 0 Å². The van der Waals surface area contributed by atoms with E-state index in [0.29, 0.717) is 0 Å². The molecule has 4 unspecified atom stereocenters. The maximum absolute atomic E-state index is 9.07. The predicted octanol–water partition coefficient (Wildman–Crippen LogP) is 0.848. The molecule has 0 aliphatic heterocycles. The average Bonchev–Trinajstić information content (AvgIpc) is 2.67. The molecule has 0 aliphatic carbocycles. The Morgan fingerprint density at radius 3 is 1.48 bits per heavy atom. The van der Waals surface area contributed by atoms with Crippen molar-refractivity contribution in [2.45, 2.75) is 24.4 Å². The second kappa shape index (κ2) is 10.6. The number of hydrogen-bond acceptors (Lipinski definition) is 6. The van der Waals surface area contributed by atoms with Gasteiger partial charge in [0, 0.05) is 0 Å². The highest BCUT2D eigenvalue weighted by atomic mass is 16.4. The molecule has 0 bridgehead atoms. The molecule has 2 aromatic rings. The third-order valence-electron chi connectivity index (χ3n) is 3.48. The van der Waals surface area contributed by atoms with Gasteiger partial charge in [0.25, 0.3) is 0 Å². The summed E-state index contributed by atoms with van der Waals surface area (Å²) in [6, 6.07) is 20.8. The van der Waals surface area contributed by atoms with Gasteiger partial charge in [-0.25, -0.2) is 0 Å². The molecule has 0 saturated heterocycles. The summed E-state index contributed by atoms with van der Waals surface area (Å²) in [7, 11) is 0. The molecule has 136 valence electrons. The fourth-order valence-corrected chi connectivity index (χ4v) is 1.98. The van der Waals surface area contributed by atoms with Crippen LogP contribution in [0.2, 0.25) is 0 Å². The molecule has 6 N–H and O–H groups in total. The van der Waals surface area contributed by atoms with Crippen LogP contribution < -0.4 is 0 Å². The predicted molar refractivity (Wildman–Crippen MR) is 94.8 cm³/mol. The molecule has 0 amide bonds. The van der Waals surface area contributed by atoms with Crippen LogP contribution in [0.1, 0.15) is 0 Å². The van der Waals surface area contributed by atoms with E-state index in [9.17, 15) is 0 Å². The van der Waals surface area contributed by atoms with E-state index in [0.717, 1.165) is 0 Å². The van der Waals surface area contributed by atoms with E-state index < -0.39 is 36.8 Å². The first-order valence-electron chi connectivity index (χ1n) is 7.69. The van der Waals surface area contributed by atoms with Gasteiger partial charge in [0.1, 0.15) is 30.2 Å². The standard InChI is InChI=1S/C12H10.C7H14O6/c1-3-7-11(8-4-1)12-9-5-2-6-10-12;1-3(9)5(11)7(13)6(12)4(10)2-8/h1-10H;4-13H,1-2H2. The van der Waals surface area contributed by atoms with Crippen LogP contribution in [0.3, 0.4) is 0 Å². The lowest BCUT2D eigenvalue weighted by atomic mass is 10.0. The first-order valence-corrected chi connectivity index (χ1v) is 7.69. The summed E-state index contributed by atoms with van der Waals surface area (Å²) in [6.45, 7) is 2.17. The van der Waals surface area contributed by atoms with Gasteiger partial charge in [-0.15, -0.1) is 0 Å². The molecule has 0 radical (unpaired) electrons. The lowest BCUT2D eigenvalue weighted by molar-refractivity contribution is -0.112. The maximum Gasteiger partial charge on any atom is 0.139 e. The summed E-state index contributed by atoms with van der Waals surface area (Å²) in [4.78, 5) is 0. The fraction of sp³-hybridized carbons (Fsp3) is 0.263. The molecule has 0 aromatic heterocycles. The molecule has 6 heteroatoms. The highest BCUT2D eigenvalue weighted by Crippen LogP contribution is 2.17. The van der Waals surface area contributed by atoms with Crippen molar-refractivity contribution in [2.24, 2.45) is 0 Å². The van der Waals surface area contributed by atoms with Crippen molar-refractivity contribution >= 4 is 0 Å². The number of aliphatic hydroxyl groups is 6. The summed E-state index contributed by atoms with van der Waals surface area (Å²) >= 11 is 0. The number of benzene rings is 2. The van der Waals surface area contributed by atoms with Crippen LogP contribution in [0.15, 0.2) is 73.0 Å². The van der Waals surface area contributed by atoms with E-state index in [1.54, 1.807) is 0 Å². The van der Waals surface area contributed by atoms with Crippen LogP contribution in [0.25, 0.3) is 11.1 Å². The molecule has 2 aromatic carbocycles. The van der Waals surface area contributed by atoms with Crippen LogP contribution >= 0.6 is 0 Å². The Balaban J connectivity index is 0.000000250. The Labute approximate surface area is 146 Å². The molecule has 0 heterocycles. The zero-order valence-electron chi connectivity index (χ0n) is 13.7. The molecule has 4 atom stereocenters. The molecule has 0 fully saturated rings. The Hall–Kier alpha value is -2.22. The SMILES string of the molecule is C=C(O)C(O)C(O)C(O)C(O)CO.c1ccc(-c2ccccc2)cc1. The van der Waals surface area contributed by atoms with Gasteiger partial charge >= 0.3 is 0 Å². The summed E-state index contributed by atoms with van der Waals surface area (Å²) in [6.07, 6.45) is -6.87. The fourth-order valence-electron chi connectivity index (χ4n) is 1.98. The van der Waals surface area contributed by atoms with Crippen LogP contribution in [0.4, 0.5) is 0 Å². The largest absolute Gasteiger partial charge is 0.510 e. The monoisotopic (exact) mass is 348 g/mol. The van der Waals surface area contributed by atoms with Gasteiger partial charge in [0.05, 0.1) is 6.61 Å². The minimum absolute atomic E-state index is 0.725. The normalized spacial score (nSPS) is 15.2. The summed E-state index contributed by atoms with van der Waals surface area (Å²) < 4.78 is 0. The van der Waals surface area contributed by atoms with Gasteiger partial charge in [0.2, 0.25) is 0 Å². The first-order chi connectivity index (χ1) is 11.9. The van der Waals surface area contributed by atoms with Gasteiger partial charge in [-0.1, -0.05) is 67.2 Å². The minimum Gasteiger partial charge on any atom is -0.510 e. The molecular weight excluding hydrogens is 324 g/mol. The van der Waals surface area contributed by atoms with E-state index in [2.05, 4.69) is 55.1 Å². The second-order valence-corrected chi connectivity index (χ2v) is 5.40. The zero-order chi connectivity index (χ0) is 18.8. The molecule has 0 spiro atoms. The van der Waals surface area contributed by atoms with E-state index >= 15 is 0 Å². The molecule has 0 saturated carbocycles. The van der Waals surface area contributed by atoms with Crippen molar-refractivity contribution in [3.8, 4) is 11.1 Å². The molecule has 0 aliphatic rings. The van der Waals surface area contributed by atoms with Gasteiger partial charge in [-0.3, -0.25) is 0 Å². The Morgan fingerprint density at radius 1 is 0.760 bits per heavy atom. The molecule has 2 rings (SSSR count). The van der Waals surface area contributed by atoms with Gasteiger partial charge in [0.15, 0.2) is 0 Å².